The molecule has 0 aromatic heterocycles. The van der Waals surface area contributed by atoms with E-state index in [1.165, 1.54) is 30.3 Å². The summed E-state index contributed by atoms with van der Waals surface area (Å²) in [4.78, 5) is 22.9. The van der Waals surface area contributed by atoms with E-state index in [1.807, 2.05) is 6.07 Å². The Hall–Kier alpha value is -5.04. The summed E-state index contributed by atoms with van der Waals surface area (Å²) in [5.74, 6) is -0.352. The summed E-state index contributed by atoms with van der Waals surface area (Å²) in [5.41, 5.74) is 8.45. The summed E-state index contributed by atoms with van der Waals surface area (Å²) >= 11 is 12.2. The van der Waals surface area contributed by atoms with E-state index in [4.69, 9.17) is 43.1 Å². The molecular formula is C30H19Cl2N3O6. The summed E-state index contributed by atoms with van der Waals surface area (Å²) in [7, 11) is 0. The van der Waals surface area contributed by atoms with E-state index in [9.17, 15) is 20.2 Å². The predicted octanol–water partition coefficient (Wildman–Crippen LogP) is 6.92. The Morgan fingerprint density at radius 1 is 1.02 bits per heavy atom. The maximum atomic E-state index is 12.6. The Balaban J connectivity index is 1.40. The number of non-ortho nitro benzene ring substituents is 1. The second-order valence-electron chi connectivity index (χ2n) is 8.91. The molecule has 4 aromatic rings. The number of esters is 1. The number of nitriles is 1. The van der Waals surface area contributed by atoms with Crippen LogP contribution in [0.15, 0.2) is 96.4 Å². The zero-order valence-corrected chi connectivity index (χ0v) is 22.6. The maximum Gasteiger partial charge on any atom is 0.343 e. The smallest absolute Gasteiger partial charge is 0.343 e. The van der Waals surface area contributed by atoms with Crippen LogP contribution in [0.25, 0.3) is 0 Å². The minimum atomic E-state index is -0.709. The van der Waals surface area contributed by atoms with E-state index < -0.39 is 16.8 Å². The number of carbonyl (C=O) groups excluding carboxylic acids is 1. The molecule has 1 atom stereocenters. The number of allylic oxidation sites excluding steroid dienone is 1. The van der Waals surface area contributed by atoms with Crippen LogP contribution in [0.2, 0.25) is 10.0 Å². The SMILES string of the molecule is N#CC1=C(N)Oc2cc(OC(=O)c3ccc([N+](=O)[O-])cc3)ccc2C1c1cccc(OCc2ccc(Cl)cc2Cl)c1. The zero-order valence-electron chi connectivity index (χ0n) is 21.0. The van der Waals surface area contributed by atoms with Crippen LogP contribution in [0.3, 0.4) is 0 Å². The van der Waals surface area contributed by atoms with Crippen molar-refractivity contribution in [2.24, 2.45) is 5.73 Å². The highest BCUT2D eigenvalue weighted by molar-refractivity contribution is 6.35. The third kappa shape index (κ3) is 5.94. The summed E-state index contributed by atoms with van der Waals surface area (Å²) in [6.45, 7) is 0.205. The predicted molar refractivity (Wildman–Crippen MR) is 151 cm³/mol. The van der Waals surface area contributed by atoms with Crippen molar-refractivity contribution < 1.29 is 23.9 Å². The second-order valence-corrected chi connectivity index (χ2v) is 9.76. The lowest BCUT2D eigenvalue weighted by Crippen LogP contribution is -2.21. The molecule has 5 rings (SSSR count). The lowest BCUT2D eigenvalue weighted by atomic mass is 9.83. The van der Waals surface area contributed by atoms with Gasteiger partial charge in [-0.25, -0.2) is 4.79 Å². The van der Waals surface area contributed by atoms with Crippen molar-refractivity contribution in [1.82, 2.24) is 0 Å². The first-order valence-electron chi connectivity index (χ1n) is 12.1. The molecule has 1 aliphatic rings. The molecule has 204 valence electrons. The third-order valence-electron chi connectivity index (χ3n) is 6.32. The van der Waals surface area contributed by atoms with E-state index in [1.54, 1.807) is 48.5 Å². The molecule has 9 nitrogen and oxygen atoms in total. The fraction of sp³-hybridized carbons (Fsp3) is 0.0667. The van der Waals surface area contributed by atoms with Gasteiger partial charge in [0, 0.05) is 39.4 Å². The van der Waals surface area contributed by atoms with E-state index >= 15 is 0 Å². The minimum Gasteiger partial charge on any atom is -0.489 e. The van der Waals surface area contributed by atoms with Crippen molar-refractivity contribution in [2.45, 2.75) is 12.5 Å². The molecular weight excluding hydrogens is 569 g/mol. The molecule has 0 spiro atoms. The van der Waals surface area contributed by atoms with Crippen LogP contribution < -0.4 is 19.9 Å². The Labute approximate surface area is 244 Å². The second kappa shape index (κ2) is 11.6. The lowest BCUT2D eigenvalue weighted by molar-refractivity contribution is -0.384. The Bertz CT molecular complexity index is 1750. The van der Waals surface area contributed by atoms with Gasteiger partial charge in [-0.15, -0.1) is 0 Å². The van der Waals surface area contributed by atoms with E-state index in [0.29, 0.717) is 27.1 Å². The van der Waals surface area contributed by atoms with Crippen LogP contribution in [-0.4, -0.2) is 10.9 Å². The van der Waals surface area contributed by atoms with Gasteiger partial charge in [-0.05, 0) is 48.0 Å². The first kappa shape index (κ1) is 27.5. The summed E-state index contributed by atoms with van der Waals surface area (Å²) in [5, 5.41) is 21.8. The van der Waals surface area contributed by atoms with Crippen LogP contribution >= 0.6 is 23.2 Å². The van der Waals surface area contributed by atoms with Crippen molar-refractivity contribution in [3.8, 4) is 23.3 Å². The average Bonchev–Trinajstić information content (AvgIpc) is 2.96. The molecule has 1 heterocycles. The van der Waals surface area contributed by atoms with Gasteiger partial charge in [0.05, 0.1) is 16.4 Å². The van der Waals surface area contributed by atoms with Crippen molar-refractivity contribution in [1.29, 1.82) is 5.26 Å². The standard InChI is InChI=1S/C30H19Cl2N3O6/c31-20-7-4-19(26(32)13-20)16-39-22-3-1-2-18(12-22)28-24-11-10-23(14-27(24)41-29(34)25(28)15-33)40-30(36)17-5-8-21(9-6-17)35(37)38/h1-14,28H,16,34H2. The summed E-state index contributed by atoms with van der Waals surface area (Å²) < 4.78 is 17.2. The fourth-order valence-corrected chi connectivity index (χ4v) is 4.77. The molecule has 0 fully saturated rings. The molecule has 41 heavy (non-hydrogen) atoms. The number of nitro groups is 1. The first-order chi connectivity index (χ1) is 19.7. The summed E-state index contributed by atoms with van der Waals surface area (Å²) in [6, 6.07) is 24.3. The summed E-state index contributed by atoms with van der Waals surface area (Å²) in [6.07, 6.45) is 0. The molecule has 11 heteroatoms. The number of carbonyl (C=O) groups is 1. The number of benzene rings is 4. The van der Waals surface area contributed by atoms with Crippen LogP contribution in [0.4, 0.5) is 5.69 Å². The molecule has 0 bridgehead atoms. The van der Waals surface area contributed by atoms with Crippen molar-refractivity contribution >= 4 is 34.9 Å². The number of nitrogens with zero attached hydrogens (tertiary/aromatic N) is 2. The van der Waals surface area contributed by atoms with Gasteiger partial charge in [-0.2, -0.15) is 5.26 Å². The Morgan fingerprint density at radius 2 is 1.80 bits per heavy atom. The van der Waals surface area contributed by atoms with Crippen LogP contribution in [0.5, 0.6) is 17.2 Å². The van der Waals surface area contributed by atoms with E-state index in [0.717, 1.165) is 11.1 Å². The highest BCUT2D eigenvalue weighted by Crippen LogP contribution is 2.44. The van der Waals surface area contributed by atoms with Crippen molar-refractivity contribution in [3.05, 3.63) is 139 Å². The highest BCUT2D eigenvalue weighted by Gasteiger charge is 2.31. The van der Waals surface area contributed by atoms with Gasteiger partial charge in [0.2, 0.25) is 5.88 Å². The van der Waals surface area contributed by atoms with Gasteiger partial charge in [0.25, 0.3) is 5.69 Å². The van der Waals surface area contributed by atoms with Crippen LogP contribution in [0, 0.1) is 21.4 Å². The number of rotatable bonds is 7. The normalized spacial score (nSPS) is 13.9. The molecule has 0 amide bonds. The number of ether oxygens (including phenoxy) is 3. The van der Waals surface area contributed by atoms with Crippen molar-refractivity contribution in [3.63, 3.8) is 0 Å². The number of halogens is 2. The minimum absolute atomic E-state index is 0.0805. The molecule has 4 aromatic carbocycles. The van der Waals surface area contributed by atoms with E-state index in [2.05, 4.69) is 6.07 Å². The Kier molecular flexibility index (Phi) is 7.79. The largest absolute Gasteiger partial charge is 0.489 e. The van der Waals surface area contributed by atoms with Gasteiger partial charge in [0.15, 0.2) is 0 Å². The van der Waals surface area contributed by atoms with E-state index in [-0.39, 0.29) is 35.1 Å². The number of hydrogen-bond donors (Lipinski definition) is 1. The maximum absolute atomic E-state index is 12.6. The topological polar surface area (TPSA) is 138 Å². The van der Waals surface area contributed by atoms with Gasteiger partial charge < -0.3 is 19.9 Å². The quantitative estimate of drug-likeness (QED) is 0.106. The van der Waals surface area contributed by atoms with Gasteiger partial charge >= 0.3 is 5.97 Å². The van der Waals surface area contributed by atoms with Gasteiger partial charge in [-0.3, -0.25) is 10.1 Å². The number of fused-ring (bicyclic) bond motifs is 1. The first-order valence-corrected chi connectivity index (χ1v) is 12.8. The van der Waals surface area contributed by atoms with Crippen LogP contribution in [0.1, 0.15) is 33.0 Å². The molecule has 0 saturated carbocycles. The number of nitrogens with two attached hydrogens (primary N) is 1. The molecule has 1 unspecified atom stereocenters. The molecule has 1 aliphatic heterocycles. The molecule has 0 radical (unpaired) electrons. The number of hydrogen-bond acceptors (Lipinski definition) is 8. The van der Waals surface area contributed by atoms with Crippen molar-refractivity contribution in [2.75, 3.05) is 0 Å². The fourth-order valence-electron chi connectivity index (χ4n) is 4.31. The monoisotopic (exact) mass is 587 g/mol. The average molecular weight is 588 g/mol. The van der Waals surface area contributed by atoms with Crippen LogP contribution in [-0.2, 0) is 6.61 Å². The molecule has 0 aliphatic carbocycles. The molecule has 2 N–H and O–H groups in total. The number of nitro benzene ring substituents is 1. The lowest BCUT2D eigenvalue weighted by Gasteiger charge is -2.27. The van der Waals surface area contributed by atoms with Gasteiger partial charge in [0.1, 0.15) is 35.5 Å². The third-order valence-corrected chi connectivity index (χ3v) is 6.90. The highest BCUT2D eigenvalue weighted by atomic mass is 35.5. The zero-order chi connectivity index (χ0) is 29.1. The molecule has 0 saturated heterocycles. The van der Waals surface area contributed by atoms with Gasteiger partial charge in [-0.1, -0.05) is 47.5 Å². The Morgan fingerprint density at radius 3 is 2.51 bits per heavy atom.